The van der Waals surface area contributed by atoms with Crippen LogP contribution in [0.3, 0.4) is 0 Å². The van der Waals surface area contributed by atoms with Gasteiger partial charge in [0, 0.05) is 0 Å². The lowest BCUT2D eigenvalue weighted by molar-refractivity contribution is 0.460. The van der Waals surface area contributed by atoms with Crippen LogP contribution >= 0.6 is 11.8 Å². The van der Waals surface area contributed by atoms with E-state index in [1.807, 2.05) is 6.92 Å². The van der Waals surface area contributed by atoms with Crippen LogP contribution in [0.5, 0.6) is 0 Å². The maximum absolute atomic E-state index is 9.31. The van der Waals surface area contributed by atoms with E-state index in [0.29, 0.717) is 17.0 Å². The van der Waals surface area contributed by atoms with Gasteiger partial charge >= 0.3 is 0 Å². The van der Waals surface area contributed by atoms with Crippen LogP contribution in [-0.2, 0) is 0 Å². The van der Waals surface area contributed by atoms with E-state index in [-0.39, 0.29) is 5.25 Å². The SMILES string of the molecule is Cc1occc1-c1nnc(SC(C#N)C2CCCC2)o1. The van der Waals surface area contributed by atoms with E-state index in [4.69, 9.17) is 8.83 Å². The summed E-state index contributed by atoms with van der Waals surface area (Å²) < 4.78 is 10.9. The highest BCUT2D eigenvalue weighted by atomic mass is 32.2. The summed E-state index contributed by atoms with van der Waals surface area (Å²) in [5, 5.41) is 17.7. The molecule has 104 valence electrons. The van der Waals surface area contributed by atoms with Gasteiger partial charge in [0.25, 0.3) is 11.1 Å². The van der Waals surface area contributed by atoms with Gasteiger partial charge in [-0.1, -0.05) is 12.8 Å². The van der Waals surface area contributed by atoms with Gasteiger partial charge in [0.15, 0.2) is 0 Å². The van der Waals surface area contributed by atoms with Crippen molar-refractivity contribution in [3.63, 3.8) is 0 Å². The van der Waals surface area contributed by atoms with Crippen LogP contribution in [0.4, 0.5) is 0 Å². The second kappa shape index (κ2) is 5.71. The van der Waals surface area contributed by atoms with Gasteiger partial charge in [0.05, 0.1) is 17.9 Å². The van der Waals surface area contributed by atoms with E-state index in [1.165, 1.54) is 24.6 Å². The Morgan fingerprint density at radius 2 is 2.20 bits per heavy atom. The van der Waals surface area contributed by atoms with Crippen LogP contribution in [-0.4, -0.2) is 15.4 Å². The van der Waals surface area contributed by atoms with Gasteiger partial charge in [0.2, 0.25) is 0 Å². The van der Waals surface area contributed by atoms with Gasteiger partial charge in [-0.05, 0) is 43.5 Å². The molecule has 0 amide bonds. The Balaban J connectivity index is 1.74. The first-order valence-electron chi connectivity index (χ1n) is 6.72. The van der Waals surface area contributed by atoms with Crippen LogP contribution in [0.15, 0.2) is 26.4 Å². The Morgan fingerprint density at radius 1 is 1.40 bits per heavy atom. The Hall–Kier alpha value is -1.74. The van der Waals surface area contributed by atoms with Crippen LogP contribution in [0.2, 0.25) is 0 Å². The zero-order valence-corrected chi connectivity index (χ0v) is 12.0. The van der Waals surface area contributed by atoms with Gasteiger partial charge in [-0.15, -0.1) is 10.2 Å². The van der Waals surface area contributed by atoms with Crippen molar-refractivity contribution in [3.8, 4) is 17.5 Å². The van der Waals surface area contributed by atoms with Crippen molar-refractivity contribution in [1.29, 1.82) is 5.26 Å². The van der Waals surface area contributed by atoms with Crippen molar-refractivity contribution in [3.05, 3.63) is 18.1 Å². The molecule has 0 saturated heterocycles. The number of nitrogens with zero attached hydrogens (tertiary/aromatic N) is 3. The Bertz CT molecular complexity index is 622. The van der Waals surface area contributed by atoms with Gasteiger partial charge in [-0.25, -0.2) is 0 Å². The first-order valence-corrected chi connectivity index (χ1v) is 7.60. The maximum Gasteiger partial charge on any atom is 0.278 e. The molecule has 0 radical (unpaired) electrons. The smallest absolute Gasteiger partial charge is 0.278 e. The third kappa shape index (κ3) is 2.59. The molecular weight excluding hydrogens is 274 g/mol. The minimum Gasteiger partial charge on any atom is -0.469 e. The van der Waals surface area contributed by atoms with Crippen molar-refractivity contribution < 1.29 is 8.83 Å². The quantitative estimate of drug-likeness (QED) is 0.796. The summed E-state index contributed by atoms with van der Waals surface area (Å²) in [6, 6.07) is 4.17. The minimum absolute atomic E-state index is 0.101. The number of furan rings is 1. The monoisotopic (exact) mass is 289 g/mol. The highest BCUT2D eigenvalue weighted by Crippen LogP contribution is 2.37. The standard InChI is InChI=1S/C14H15N3O2S/c1-9-11(6-7-18-9)13-16-17-14(19-13)20-12(8-15)10-4-2-3-5-10/h6-7,10,12H,2-5H2,1H3. The Kier molecular flexibility index (Phi) is 3.79. The number of aromatic nitrogens is 2. The van der Waals surface area contributed by atoms with Gasteiger partial charge in [0.1, 0.15) is 11.0 Å². The van der Waals surface area contributed by atoms with E-state index in [9.17, 15) is 5.26 Å². The summed E-state index contributed by atoms with van der Waals surface area (Å²) in [4.78, 5) is 0. The Labute approximate surface area is 121 Å². The predicted molar refractivity (Wildman–Crippen MR) is 74.0 cm³/mol. The highest BCUT2D eigenvalue weighted by Gasteiger charge is 2.27. The molecule has 1 atom stereocenters. The molecule has 1 aliphatic carbocycles. The molecule has 2 aromatic heterocycles. The summed E-state index contributed by atoms with van der Waals surface area (Å²) in [5.74, 6) is 1.63. The summed E-state index contributed by atoms with van der Waals surface area (Å²) in [7, 11) is 0. The molecule has 20 heavy (non-hydrogen) atoms. The largest absolute Gasteiger partial charge is 0.469 e. The molecule has 0 bridgehead atoms. The normalized spacial score (nSPS) is 17.2. The molecule has 5 nitrogen and oxygen atoms in total. The minimum atomic E-state index is -0.101. The molecule has 1 saturated carbocycles. The molecule has 1 fully saturated rings. The lowest BCUT2D eigenvalue weighted by atomic mass is 10.1. The first-order chi connectivity index (χ1) is 9.78. The van der Waals surface area contributed by atoms with E-state index in [2.05, 4.69) is 16.3 Å². The molecule has 0 N–H and O–H groups in total. The summed E-state index contributed by atoms with van der Waals surface area (Å²) in [6.45, 7) is 1.85. The molecule has 6 heteroatoms. The maximum atomic E-state index is 9.31. The second-order valence-corrected chi connectivity index (χ2v) is 6.07. The van der Waals surface area contributed by atoms with Crippen molar-refractivity contribution in [2.75, 3.05) is 0 Å². The molecule has 1 unspecified atom stereocenters. The van der Waals surface area contributed by atoms with Crippen molar-refractivity contribution in [2.24, 2.45) is 5.92 Å². The van der Waals surface area contributed by atoms with E-state index >= 15 is 0 Å². The predicted octanol–water partition coefficient (Wildman–Crippen LogP) is 3.81. The molecule has 0 aromatic carbocycles. The molecule has 1 aliphatic rings. The molecule has 0 aliphatic heterocycles. The number of aryl methyl sites for hydroxylation is 1. The molecular formula is C14H15N3O2S. The third-order valence-electron chi connectivity index (χ3n) is 3.68. The van der Waals surface area contributed by atoms with Gasteiger partial charge in [-0.3, -0.25) is 0 Å². The summed E-state index contributed by atoms with van der Waals surface area (Å²) in [5.41, 5.74) is 0.804. The van der Waals surface area contributed by atoms with E-state index in [0.717, 1.165) is 24.2 Å². The molecule has 2 aromatic rings. The second-order valence-electron chi connectivity index (χ2n) is 4.98. The molecule has 0 spiro atoms. The van der Waals surface area contributed by atoms with Crippen molar-refractivity contribution in [2.45, 2.75) is 43.1 Å². The molecule has 2 heterocycles. The van der Waals surface area contributed by atoms with Gasteiger partial charge < -0.3 is 8.83 Å². The topological polar surface area (TPSA) is 75.8 Å². The third-order valence-corrected chi connectivity index (χ3v) is 4.79. The average Bonchev–Trinajstić information content (AvgIpc) is 3.16. The zero-order chi connectivity index (χ0) is 13.9. The first kappa shape index (κ1) is 13.3. The van der Waals surface area contributed by atoms with Crippen molar-refractivity contribution >= 4 is 11.8 Å². The number of rotatable bonds is 4. The summed E-state index contributed by atoms with van der Waals surface area (Å²) >= 11 is 1.38. The summed E-state index contributed by atoms with van der Waals surface area (Å²) in [6.07, 6.45) is 6.26. The fourth-order valence-electron chi connectivity index (χ4n) is 2.57. The fourth-order valence-corrected chi connectivity index (χ4v) is 3.52. The van der Waals surface area contributed by atoms with Crippen molar-refractivity contribution in [1.82, 2.24) is 10.2 Å². The number of thioether (sulfide) groups is 1. The zero-order valence-electron chi connectivity index (χ0n) is 11.2. The molecule has 3 rings (SSSR count). The highest BCUT2D eigenvalue weighted by molar-refractivity contribution is 7.99. The Morgan fingerprint density at radius 3 is 2.85 bits per heavy atom. The number of hydrogen-bond donors (Lipinski definition) is 0. The van der Waals surface area contributed by atoms with E-state index in [1.54, 1.807) is 12.3 Å². The lowest BCUT2D eigenvalue weighted by Crippen LogP contribution is -2.11. The fraction of sp³-hybridized carbons (Fsp3) is 0.500. The van der Waals surface area contributed by atoms with Gasteiger partial charge in [-0.2, -0.15) is 5.26 Å². The average molecular weight is 289 g/mol. The number of hydrogen-bond acceptors (Lipinski definition) is 6. The van der Waals surface area contributed by atoms with Crippen LogP contribution in [0.1, 0.15) is 31.4 Å². The van der Waals surface area contributed by atoms with Crippen LogP contribution in [0, 0.1) is 24.2 Å². The van der Waals surface area contributed by atoms with Crippen LogP contribution < -0.4 is 0 Å². The number of nitriles is 1. The van der Waals surface area contributed by atoms with Crippen LogP contribution in [0.25, 0.3) is 11.5 Å². The lowest BCUT2D eigenvalue weighted by Gasteiger charge is -2.12. The van der Waals surface area contributed by atoms with E-state index < -0.39 is 0 Å².